The first-order valence-electron chi connectivity index (χ1n) is 9.41. The van der Waals surface area contributed by atoms with Gasteiger partial charge in [0.15, 0.2) is 11.6 Å². The molecule has 7 nitrogen and oxygen atoms in total. The van der Waals surface area contributed by atoms with E-state index in [0.717, 1.165) is 47.9 Å². The molecule has 0 atom stereocenters. The summed E-state index contributed by atoms with van der Waals surface area (Å²) in [5.74, 6) is 2.25. The third kappa shape index (κ3) is 4.37. The highest BCUT2D eigenvalue weighted by atomic mass is 79.9. The first-order chi connectivity index (χ1) is 14.1. The normalized spacial score (nSPS) is 14.0. The summed E-state index contributed by atoms with van der Waals surface area (Å²) in [6, 6.07) is 16.1. The number of nitrogen functional groups attached to an aromatic ring is 1. The molecule has 0 bridgehead atoms. The van der Waals surface area contributed by atoms with Crippen molar-refractivity contribution >= 4 is 44.6 Å². The van der Waals surface area contributed by atoms with Crippen molar-refractivity contribution in [2.45, 2.75) is 0 Å². The zero-order valence-corrected chi connectivity index (χ0v) is 17.8. The molecule has 8 heteroatoms. The molecule has 2 heterocycles. The number of rotatable bonds is 5. The van der Waals surface area contributed by atoms with Crippen molar-refractivity contribution in [3.8, 4) is 5.75 Å². The second kappa shape index (κ2) is 8.57. The van der Waals surface area contributed by atoms with E-state index in [4.69, 9.17) is 10.5 Å². The number of benzene rings is 2. The second-order valence-electron chi connectivity index (χ2n) is 6.77. The van der Waals surface area contributed by atoms with Gasteiger partial charge in [-0.05, 0) is 42.5 Å². The molecule has 0 radical (unpaired) electrons. The molecule has 1 fully saturated rings. The average Bonchev–Trinajstić information content (AvgIpc) is 2.76. The second-order valence-corrected chi connectivity index (χ2v) is 7.68. The molecule has 0 amide bonds. The van der Waals surface area contributed by atoms with E-state index in [1.165, 1.54) is 5.69 Å². The van der Waals surface area contributed by atoms with Crippen molar-refractivity contribution in [1.82, 2.24) is 9.97 Å². The average molecular weight is 455 g/mol. The van der Waals surface area contributed by atoms with Gasteiger partial charge in [-0.3, -0.25) is 0 Å². The van der Waals surface area contributed by atoms with E-state index in [9.17, 15) is 0 Å². The molecule has 0 saturated carbocycles. The maximum Gasteiger partial charge on any atom is 0.159 e. The van der Waals surface area contributed by atoms with Crippen molar-refractivity contribution in [2.24, 2.45) is 0 Å². The largest absolute Gasteiger partial charge is 0.497 e. The number of halogens is 1. The standard InChI is InChI=1S/C21H23BrN6O/c1-29-18-7-5-17(6-8-18)27-9-11-28(12-10-27)21-19(23)20(24-14-25-21)26-16-4-2-3-15(22)13-16/h2-8,13-14H,9-12,23H2,1H3,(H,24,25,26). The van der Waals surface area contributed by atoms with Crippen LogP contribution in [0.1, 0.15) is 0 Å². The third-order valence-electron chi connectivity index (χ3n) is 4.97. The van der Waals surface area contributed by atoms with Gasteiger partial charge in [-0.15, -0.1) is 0 Å². The summed E-state index contributed by atoms with van der Waals surface area (Å²) in [7, 11) is 1.68. The van der Waals surface area contributed by atoms with Gasteiger partial charge in [-0.2, -0.15) is 0 Å². The van der Waals surface area contributed by atoms with E-state index in [-0.39, 0.29) is 0 Å². The molecular weight excluding hydrogens is 432 g/mol. The van der Waals surface area contributed by atoms with Crippen LogP contribution < -0.4 is 25.6 Å². The molecule has 0 aliphatic carbocycles. The molecule has 0 unspecified atom stereocenters. The summed E-state index contributed by atoms with van der Waals surface area (Å²) in [6.07, 6.45) is 1.56. The fourth-order valence-corrected chi connectivity index (χ4v) is 3.81. The third-order valence-corrected chi connectivity index (χ3v) is 5.46. The lowest BCUT2D eigenvalue weighted by molar-refractivity contribution is 0.415. The van der Waals surface area contributed by atoms with Crippen LogP contribution >= 0.6 is 15.9 Å². The molecule has 4 rings (SSSR count). The van der Waals surface area contributed by atoms with Crippen molar-refractivity contribution in [3.63, 3.8) is 0 Å². The number of anilines is 5. The minimum Gasteiger partial charge on any atom is -0.497 e. The van der Waals surface area contributed by atoms with Crippen LogP contribution in [-0.4, -0.2) is 43.3 Å². The van der Waals surface area contributed by atoms with Gasteiger partial charge in [0.2, 0.25) is 0 Å². The van der Waals surface area contributed by atoms with Gasteiger partial charge in [-0.25, -0.2) is 9.97 Å². The smallest absolute Gasteiger partial charge is 0.159 e. The lowest BCUT2D eigenvalue weighted by atomic mass is 10.2. The number of hydrogen-bond donors (Lipinski definition) is 2. The Morgan fingerprint density at radius 2 is 1.72 bits per heavy atom. The summed E-state index contributed by atoms with van der Waals surface area (Å²) in [4.78, 5) is 13.3. The van der Waals surface area contributed by atoms with Gasteiger partial charge in [-0.1, -0.05) is 22.0 Å². The Morgan fingerprint density at radius 1 is 1.00 bits per heavy atom. The fourth-order valence-electron chi connectivity index (χ4n) is 3.41. The van der Waals surface area contributed by atoms with Gasteiger partial charge < -0.3 is 25.6 Å². The molecule has 150 valence electrons. The maximum atomic E-state index is 6.41. The van der Waals surface area contributed by atoms with E-state index in [2.05, 4.69) is 53.1 Å². The number of methoxy groups -OCH3 is 1. The molecule has 29 heavy (non-hydrogen) atoms. The summed E-state index contributed by atoms with van der Waals surface area (Å²) in [5.41, 5.74) is 9.08. The van der Waals surface area contributed by atoms with Crippen LogP contribution in [0.2, 0.25) is 0 Å². The molecule has 3 N–H and O–H groups in total. The first kappa shape index (κ1) is 19.3. The quantitative estimate of drug-likeness (QED) is 0.604. The molecule has 2 aromatic carbocycles. The number of aromatic nitrogens is 2. The van der Waals surface area contributed by atoms with Gasteiger partial charge in [0.05, 0.1) is 7.11 Å². The van der Waals surface area contributed by atoms with Crippen molar-refractivity contribution < 1.29 is 4.74 Å². The van der Waals surface area contributed by atoms with Crippen LogP contribution in [0.25, 0.3) is 0 Å². The highest BCUT2D eigenvalue weighted by Crippen LogP contribution is 2.30. The minimum atomic E-state index is 0.561. The zero-order chi connectivity index (χ0) is 20.2. The Kier molecular flexibility index (Phi) is 5.71. The zero-order valence-electron chi connectivity index (χ0n) is 16.2. The Hall–Kier alpha value is -3.00. The van der Waals surface area contributed by atoms with Crippen LogP contribution in [0, 0.1) is 0 Å². The monoisotopic (exact) mass is 454 g/mol. The predicted octanol–water partition coefficient (Wildman–Crippen LogP) is 3.90. The number of ether oxygens (including phenoxy) is 1. The molecular formula is C21H23BrN6O. The first-order valence-corrected chi connectivity index (χ1v) is 10.2. The summed E-state index contributed by atoms with van der Waals surface area (Å²) < 4.78 is 6.23. The van der Waals surface area contributed by atoms with Crippen LogP contribution in [-0.2, 0) is 0 Å². The summed E-state index contributed by atoms with van der Waals surface area (Å²) >= 11 is 3.48. The number of piperazine rings is 1. The minimum absolute atomic E-state index is 0.561. The Labute approximate surface area is 178 Å². The lowest BCUT2D eigenvalue weighted by Crippen LogP contribution is -2.47. The van der Waals surface area contributed by atoms with E-state index < -0.39 is 0 Å². The Bertz CT molecular complexity index is 973. The van der Waals surface area contributed by atoms with Gasteiger partial charge in [0.1, 0.15) is 17.8 Å². The van der Waals surface area contributed by atoms with Crippen molar-refractivity contribution in [3.05, 3.63) is 59.3 Å². The van der Waals surface area contributed by atoms with Crippen molar-refractivity contribution in [2.75, 3.05) is 54.1 Å². The highest BCUT2D eigenvalue weighted by molar-refractivity contribution is 9.10. The van der Waals surface area contributed by atoms with E-state index in [1.54, 1.807) is 13.4 Å². The predicted molar refractivity (Wildman–Crippen MR) is 121 cm³/mol. The molecule has 1 aliphatic heterocycles. The highest BCUT2D eigenvalue weighted by Gasteiger charge is 2.21. The molecule has 1 saturated heterocycles. The van der Waals surface area contributed by atoms with Crippen molar-refractivity contribution in [1.29, 1.82) is 0 Å². The Morgan fingerprint density at radius 3 is 2.41 bits per heavy atom. The van der Waals surface area contributed by atoms with E-state index >= 15 is 0 Å². The number of nitrogens with zero attached hydrogens (tertiary/aromatic N) is 4. The van der Waals surface area contributed by atoms with Gasteiger partial charge in [0.25, 0.3) is 0 Å². The molecule has 0 spiro atoms. The topological polar surface area (TPSA) is 79.5 Å². The molecule has 1 aliphatic rings. The maximum absolute atomic E-state index is 6.41. The fraction of sp³-hybridized carbons (Fsp3) is 0.238. The van der Waals surface area contributed by atoms with Gasteiger partial charge >= 0.3 is 0 Å². The van der Waals surface area contributed by atoms with Crippen LogP contribution in [0.15, 0.2) is 59.3 Å². The summed E-state index contributed by atoms with van der Waals surface area (Å²) in [5, 5.41) is 3.28. The lowest BCUT2D eigenvalue weighted by Gasteiger charge is -2.37. The van der Waals surface area contributed by atoms with Gasteiger partial charge in [0, 0.05) is 42.0 Å². The molecule has 1 aromatic heterocycles. The molecule has 3 aromatic rings. The van der Waals surface area contributed by atoms with Crippen LogP contribution in [0.5, 0.6) is 5.75 Å². The summed E-state index contributed by atoms with van der Waals surface area (Å²) in [6.45, 7) is 3.46. The van der Waals surface area contributed by atoms with Crippen LogP contribution in [0.3, 0.4) is 0 Å². The SMILES string of the molecule is COc1ccc(N2CCN(c3ncnc(Nc4cccc(Br)c4)c3N)CC2)cc1. The van der Waals surface area contributed by atoms with E-state index in [1.807, 2.05) is 36.4 Å². The number of hydrogen-bond acceptors (Lipinski definition) is 7. The van der Waals surface area contributed by atoms with Crippen LogP contribution in [0.4, 0.5) is 28.7 Å². The number of nitrogens with two attached hydrogens (primary N) is 1. The number of nitrogens with one attached hydrogen (secondary N) is 1. The van der Waals surface area contributed by atoms with E-state index in [0.29, 0.717) is 11.5 Å². The Balaban J connectivity index is 1.45.